The van der Waals surface area contributed by atoms with E-state index < -0.39 is 11.6 Å². The maximum atomic E-state index is 11.9. The van der Waals surface area contributed by atoms with Crippen molar-refractivity contribution in [2.24, 2.45) is 0 Å². The van der Waals surface area contributed by atoms with Crippen molar-refractivity contribution in [1.82, 2.24) is 5.32 Å². The van der Waals surface area contributed by atoms with Crippen molar-refractivity contribution in [3.8, 4) is 11.8 Å². The largest absolute Gasteiger partial charge is 0.492 e. The molecule has 6 nitrogen and oxygen atoms in total. The van der Waals surface area contributed by atoms with Gasteiger partial charge >= 0.3 is 6.03 Å². The third kappa shape index (κ3) is 5.32. The van der Waals surface area contributed by atoms with Crippen molar-refractivity contribution in [1.29, 1.82) is 5.26 Å². The number of hydrogen-bond acceptors (Lipinski definition) is 4. The van der Waals surface area contributed by atoms with Crippen LogP contribution in [0.25, 0.3) is 0 Å². The Bertz CT molecular complexity index is 535. The fraction of sp³-hybridized carbons (Fsp3) is 0.467. The van der Waals surface area contributed by atoms with Crippen LogP contribution in [0.5, 0.6) is 5.75 Å². The molecule has 0 heterocycles. The molecule has 0 saturated carbocycles. The van der Waals surface area contributed by atoms with Crippen molar-refractivity contribution in [2.75, 3.05) is 18.5 Å². The van der Waals surface area contributed by atoms with E-state index in [0.29, 0.717) is 30.0 Å². The van der Waals surface area contributed by atoms with Gasteiger partial charge in [-0.1, -0.05) is 6.92 Å². The number of nitriles is 1. The lowest BCUT2D eigenvalue weighted by molar-refractivity contribution is 0.0587. The minimum atomic E-state index is -0.950. The summed E-state index contributed by atoms with van der Waals surface area (Å²) in [6.07, 6.45) is 0.529. The standard InChI is InChI=1S/C15H21N3O3/c1-4-15(3,20)10-17-14(19)18-12-8-11(9-16)6-7-13(12)21-5-2/h6-8,20H,4-5,10H2,1-3H3,(H2,17,18,19). The third-order valence-electron chi connectivity index (χ3n) is 3.05. The molecule has 0 aliphatic carbocycles. The van der Waals surface area contributed by atoms with Crippen molar-refractivity contribution in [2.45, 2.75) is 32.8 Å². The molecule has 21 heavy (non-hydrogen) atoms. The molecule has 1 unspecified atom stereocenters. The summed E-state index contributed by atoms with van der Waals surface area (Å²) in [5, 5.41) is 24.0. The lowest BCUT2D eigenvalue weighted by atomic mass is 10.0. The number of urea groups is 1. The molecule has 0 aliphatic heterocycles. The zero-order valence-electron chi connectivity index (χ0n) is 12.6. The molecule has 0 aromatic heterocycles. The number of nitrogens with zero attached hydrogens (tertiary/aromatic N) is 1. The Labute approximate surface area is 124 Å². The van der Waals surface area contributed by atoms with Gasteiger partial charge in [0.2, 0.25) is 0 Å². The van der Waals surface area contributed by atoms with E-state index in [1.165, 1.54) is 0 Å². The number of nitrogens with one attached hydrogen (secondary N) is 2. The Morgan fingerprint density at radius 1 is 1.48 bits per heavy atom. The minimum absolute atomic E-state index is 0.136. The summed E-state index contributed by atoms with van der Waals surface area (Å²) >= 11 is 0. The molecule has 0 bridgehead atoms. The molecule has 2 amide bonds. The highest BCUT2D eigenvalue weighted by atomic mass is 16.5. The number of hydrogen-bond donors (Lipinski definition) is 3. The summed E-state index contributed by atoms with van der Waals surface area (Å²) < 4.78 is 5.40. The van der Waals surface area contributed by atoms with Crippen LogP contribution in [-0.4, -0.2) is 29.9 Å². The first-order valence-electron chi connectivity index (χ1n) is 6.86. The van der Waals surface area contributed by atoms with Crippen molar-refractivity contribution in [3.05, 3.63) is 23.8 Å². The maximum absolute atomic E-state index is 11.9. The average molecular weight is 291 g/mol. The topological polar surface area (TPSA) is 94.4 Å². The minimum Gasteiger partial charge on any atom is -0.492 e. The summed E-state index contributed by atoms with van der Waals surface area (Å²) in [5.41, 5.74) is -0.104. The second-order valence-electron chi connectivity index (χ2n) is 4.91. The smallest absolute Gasteiger partial charge is 0.319 e. The monoisotopic (exact) mass is 291 g/mol. The molecule has 1 rings (SSSR count). The fourth-order valence-corrected chi connectivity index (χ4v) is 1.54. The van der Waals surface area contributed by atoms with Gasteiger partial charge in [0.25, 0.3) is 0 Å². The van der Waals surface area contributed by atoms with Crippen LogP contribution < -0.4 is 15.4 Å². The highest BCUT2D eigenvalue weighted by molar-refractivity contribution is 5.91. The molecule has 0 fully saturated rings. The molecule has 114 valence electrons. The molecule has 0 spiro atoms. The van der Waals surface area contributed by atoms with Gasteiger partial charge in [-0.05, 0) is 38.5 Å². The summed E-state index contributed by atoms with van der Waals surface area (Å²) in [6, 6.07) is 6.35. The van der Waals surface area contributed by atoms with Gasteiger partial charge in [0.05, 0.1) is 29.5 Å². The van der Waals surface area contributed by atoms with E-state index in [1.807, 2.05) is 19.9 Å². The molecule has 0 saturated heterocycles. The molecule has 1 aromatic carbocycles. The number of amides is 2. The Morgan fingerprint density at radius 3 is 2.76 bits per heavy atom. The molecule has 6 heteroatoms. The van der Waals surface area contributed by atoms with E-state index in [-0.39, 0.29) is 6.54 Å². The second-order valence-corrected chi connectivity index (χ2v) is 4.91. The van der Waals surface area contributed by atoms with Gasteiger partial charge in [-0.3, -0.25) is 0 Å². The number of rotatable bonds is 6. The zero-order chi connectivity index (χ0) is 15.9. The van der Waals surface area contributed by atoms with E-state index in [9.17, 15) is 9.90 Å². The molecular formula is C15H21N3O3. The van der Waals surface area contributed by atoms with Crippen molar-refractivity contribution < 1.29 is 14.6 Å². The first-order chi connectivity index (χ1) is 9.91. The Morgan fingerprint density at radius 2 is 2.19 bits per heavy atom. The van der Waals surface area contributed by atoms with Crippen LogP contribution in [-0.2, 0) is 0 Å². The van der Waals surface area contributed by atoms with Crippen molar-refractivity contribution >= 4 is 11.7 Å². The van der Waals surface area contributed by atoms with Crippen LogP contribution in [0.2, 0.25) is 0 Å². The Kier molecular flexibility index (Phi) is 6.00. The summed E-state index contributed by atoms with van der Waals surface area (Å²) in [7, 11) is 0. The van der Waals surface area contributed by atoms with Gasteiger partial charge in [-0.25, -0.2) is 4.79 Å². The SMILES string of the molecule is CCOc1ccc(C#N)cc1NC(=O)NCC(C)(O)CC. The number of carbonyl (C=O) groups is 1. The van der Waals surface area contributed by atoms with Crippen LogP contribution >= 0.6 is 0 Å². The van der Waals surface area contributed by atoms with Crippen LogP contribution in [0.4, 0.5) is 10.5 Å². The molecule has 0 aliphatic rings. The average Bonchev–Trinajstić information content (AvgIpc) is 2.47. The number of aliphatic hydroxyl groups is 1. The van der Waals surface area contributed by atoms with Crippen LogP contribution in [0.15, 0.2) is 18.2 Å². The van der Waals surface area contributed by atoms with Gasteiger partial charge in [0.1, 0.15) is 5.75 Å². The molecule has 3 N–H and O–H groups in total. The molecule has 1 aromatic rings. The fourth-order valence-electron chi connectivity index (χ4n) is 1.54. The van der Waals surface area contributed by atoms with Crippen LogP contribution in [0, 0.1) is 11.3 Å². The summed E-state index contributed by atoms with van der Waals surface area (Å²) in [5.74, 6) is 0.494. The van der Waals surface area contributed by atoms with Crippen LogP contribution in [0.1, 0.15) is 32.8 Å². The Hall–Kier alpha value is -2.26. The predicted octanol–water partition coefficient (Wildman–Crippen LogP) is 2.24. The molecule has 1 atom stereocenters. The van der Waals surface area contributed by atoms with E-state index >= 15 is 0 Å². The number of benzene rings is 1. The maximum Gasteiger partial charge on any atom is 0.319 e. The zero-order valence-corrected chi connectivity index (χ0v) is 12.6. The van der Waals surface area contributed by atoms with Gasteiger partial charge in [-0.15, -0.1) is 0 Å². The first-order valence-corrected chi connectivity index (χ1v) is 6.86. The first kappa shape index (κ1) is 16.8. The van der Waals surface area contributed by atoms with Crippen LogP contribution in [0.3, 0.4) is 0 Å². The highest BCUT2D eigenvalue weighted by Gasteiger charge is 2.18. The molecule has 0 radical (unpaired) electrons. The van der Waals surface area contributed by atoms with Gasteiger partial charge in [0.15, 0.2) is 0 Å². The van der Waals surface area contributed by atoms with E-state index in [4.69, 9.17) is 10.00 Å². The third-order valence-corrected chi connectivity index (χ3v) is 3.05. The van der Waals surface area contributed by atoms with E-state index in [2.05, 4.69) is 10.6 Å². The van der Waals surface area contributed by atoms with Gasteiger partial charge < -0.3 is 20.5 Å². The van der Waals surface area contributed by atoms with Gasteiger partial charge in [-0.2, -0.15) is 5.26 Å². The Balaban J connectivity index is 2.76. The quantitative estimate of drug-likeness (QED) is 0.749. The predicted molar refractivity (Wildman–Crippen MR) is 80.3 cm³/mol. The van der Waals surface area contributed by atoms with Gasteiger partial charge in [0, 0.05) is 6.54 Å². The summed E-state index contributed by atoms with van der Waals surface area (Å²) in [4.78, 5) is 11.9. The number of ether oxygens (including phenoxy) is 1. The number of anilines is 1. The van der Waals surface area contributed by atoms with E-state index in [0.717, 1.165) is 0 Å². The normalized spacial score (nSPS) is 12.9. The highest BCUT2D eigenvalue weighted by Crippen LogP contribution is 2.25. The second kappa shape index (κ2) is 7.50. The number of carbonyl (C=O) groups excluding carboxylic acids is 1. The van der Waals surface area contributed by atoms with E-state index in [1.54, 1.807) is 25.1 Å². The summed E-state index contributed by atoms with van der Waals surface area (Å²) in [6.45, 7) is 5.91. The molecular weight excluding hydrogens is 270 g/mol. The van der Waals surface area contributed by atoms with Crippen molar-refractivity contribution in [3.63, 3.8) is 0 Å². The lowest BCUT2D eigenvalue weighted by Gasteiger charge is -2.22. The lowest BCUT2D eigenvalue weighted by Crippen LogP contribution is -2.41.